The zero-order valence-electron chi connectivity index (χ0n) is 12.7. The molecule has 0 radical (unpaired) electrons. The summed E-state index contributed by atoms with van der Waals surface area (Å²) in [5.41, 5.74) is 0.830. The standard InChI is InChI=1S/C16H18Cl3NO3/c1-2-6-13-12(9-17)16(18,19)14(21)20(13)15(22)23-10-11-7-4-3-5-8-11/h3-5,7-8,12-13H,2,6,9-10H2,1H3/t12-,13-/m1/s1. The molecule has 1 fully saturated rings. The molecule has 1 aromatic carbocycles. The van der Waals surface area contributed by atoms with Crippen LogP contribution in [-0.4, -0.2) is 33.2 Å². The van der Waals surface area contributed by atoms with Gasteiger partial charge in [0.2, 0.25) is 4.33 Å². The Bertz CT molecular complexity index is 565. The number of halogens is 3. The normalized spacial score (nSPS) is 23.1. The van der Waals surface area contributed by atoms with E-state index in [9.17, 15) is 9.59 Å². The zero-order chi connectivity index (χ0) is 17.0. The molecule has 126 valence electrons. The molecule has 2 amide bonds. The first-order chi connectivity index (χ1) is 10.9. The molecule has 2 rings (SSSR count). The minimum absolute atomic E-state index is 0.0748. The Morgan fingerprint density at radius 3 is 2.52 bits per heavy atom. The summed E-state index contributed by atoms with van der Waals surface area (Å²) in [6.07, 6.45) is 0.596. The molecule has 0 N–H and O–H groups in total. The van der Waals surface area contributed by atoms with E-state index in [1.54, 1.807) is 0 Å². The number of imide groups is 1. The van der Waals surface area contributed by atoms with Crippen LogP contribution in [-0.2, 0) is 16.1 Å². The molecule has 23 heavy (non-hydrogen) atoms. The molecule has 1 aliphatic heterocycles. The number of nitrogens with zero attached hydrogens (tertiary/aromatic N) is 1. The van der Waals surface area contributed by atoms with Crippen LogP contribution >= 0.6 is 34.8 Å². The van der Waals surface area contributed by atoms with E-state index in [1.807, 2.05) is 37.3 Å². The van der Waals surface area contributed by atoms with Crippen LogP contribution in [0, 0.1) is 5.92 Å². The van der Waals surface area contributed by atoms with Crippen LogP contribution in [0.25, 0.3) is 0 Å². The van der Waals surface area contributed by atoms with Gasteiger partial charge in [-0.25, -0.2) is 9.69 Å². The second-order valence-corrected chi connectivity index (χ2v) is 7.15. The van der Waals surface area contributed by atoms with Crippen molar-refractivity contribution < 1.29 is 14.3 Å². The van der Waals surface area contributed by atoms with Crippen LogP contribution in [0.3, 0.4) is 0 Å². The summed E-state index contributed by atoms with van der Waals surface area (Å²) in [5.74, 6) is -1.10. The first-order valence-electron chi connectivity index (χ1n) is 7.41. The van der Waals surface area contributed by atoms with Gasteiger partial charge in [-0.1, -0.05) is 66.9 Å². The second kappa shape index (κ2) is 7.73. The van der Waals surface area contributed by atoms with Crippen molar-refractivity contribution in [2.24, 2.45) is 5.92 Å². The Balaban J connectivity index is 2.14. The van der Waals surface area contributed by atoms with Crippen LogP contribution in [0.5, 0.6) is 0 Å². The highest BCUT2D eigenvalue weighted by molar-refractivity contribution is 6.59. The van der Waals surface area contributed by atoms with Gasteiger partial charge < -0.3 is 4.74 Å². The lowest BCUT2D eigenvalue weighted by Gasteiger charge is -2.25. The lowest BCUT2D eigenvalue weighted by molar-refractivity contribution is -0.128. The minimum atomic E-state index is -1.70. The van der Waals surface area contributed by atoms with Crippen molar-refractivity contribution in [2.75, 3.05) is 5.88 Å². The van der Waals surface area contributed by atoms with Gasteiger partial charge in [0.25, 0.3) is 5.91 Å². The van der Waals surface area contributed by atoms with E-state index < -0.39 is 28.3 Å². The number of carbonyl (C=O) groups is 2. The molecule has 0 saturated carbocycles. The van der Waals surface area contributed by atoms with Crippen molar-refractivity contribution in [2.45, 2.75) is 36.7 Å². The fourth-order valence-corrected chi connectivity index (χ4v) is 3.95. The largest absolute Gasteiger partial charge is 0.444 e. The summed E-state index contributed by atoms with van der Waals surface area (Å²) in [6, 6.07) is 8.76. The number of hydrogen-bond donors (Lipinski definition) is 0. The lowest BCUT2D eigenvalue weighted by Crippen LogP contribution is -2.41. The fraction of sp³-hybridized carbons (Fsp3) is 0.500. The number of benzene rings is 1. The van der Waals surface area contributed by atoms with Crippen molar-refractivity contribution in [3.8, 4) is 0 Å². The van der Waals surface area contributed by atoms with Crippen molar-refractivity contribution in [3.05, 3.63) is 35.9 Å². The summed E-state index contributed by atoms with van der Waals surface area (Å²) in [6.45, 7) is 2.02. The zero-order valence-corrected chi connectivity index (χ0v) is 14.9. The molecule has 1 heterocycles. The van der Waals surface area contributed by atoms with Gasteiger partial charge in [0.15, 0.2) is 0 Å². The average molecular weight is 379 g/mol. The highest BCUT2D eigenvalue weighted by Crippen LogP contribution is 2.45. The molecular weight excluding hydrogens is 361 g/mol. The van der Waals surface area contributed by atoms with Crippen molar-refractivity contribution in [3.63, 3.8) is 0 Å². The van der Waals surface area contributed by atoms with Crippen LogP contribution in [0.2, 0.25) is 0 Å². The molecule has 0 aliphatic carbocycles. The summed E-state index contributed by atoms with van der Waals surface area (Å²) in [4.78, 5) is 25.9. The molecule has 1 saturated heterocycles. The number of likely N-dealkylation sites (tertiary alicyclic amines) is 1. The van der Waals surface area contributed by atoms with Gasteiger partial charge in [0.1, 0.15) is 6.61 Å². The molecule has 0 unspecified atom stereocenters. The van der Waals surface area contributed by atoms with E-state index in [4.69, 9.17) is 39.5 Å². The molecule has 1 aliphatic rings. The quantitative estimate of drug-likeness (QED) is 0.715. The third kappa shape index (κ3) is 3.76. The number of alkyl halides is 3. The predicted octanol–water partition coefficient (Wildman–Crippen LogP) is 4.36. The summed E-state index contributed by atoms with van der Waals surface area (Å²) < 4.78 is 3.55. The van der Waals surface area contributed by atoms with Crippen molar-refractivity contribution in [1.82, 2.24) is 4.90 Å². The lowest BCUT2D eigenvalue weighted by atomic mass is 9.98. The number of rotatable bonds is 5. The number of amides is 2. The molecular formula is C16H18Cl3NO3. The summed E-state index contributed by atoms with van der Waals surface area (Å²) >= 11 is 18.2. The van der Waals surface area contributed by atoms with Crippen LogP contribution in [0.1, 0.15) is 25.3 Å². The Morgan fingerprint density at radius 1 is 1.30 bits per heavy atom. The Morgan fingerprint density at radius 2 is 1.96 bits per heavy atom. The minimum Gasteiger partial charge on any atom is -0.444 e. The molecule has 4 nitrogen and oxygen atoms in total. The van der Waals surface area contributed by atoms with Gasteiger partial charge in [0.05, 0.1) is 6.04 Å². The third-order valence-electron chi connectivity index (χ3n) is 3.92. The van der Waals surface area contributed by atoms with Gasteiger partial charge in [-0.2, -0.15) is 0 Å². The van der Waals surface area contributed by atoms with Crippen molar-refractivity contribution in [1.29, 1.82) is 0 Å². The molecule has 0 spiro atoms. The maximum absolute atomic E-state index is 12.4. The van der Waals surface area contributed by atoms with Gasteiger partial charge in [-0.15, -0.1) is 11.6 Å². The van der Waals surface area contributed by atoms with Crippen LogP contribution < -0.4 is 0 Å². The number of ether oxygens (including phenoxy) is 1. The predicted molar refractivity (Wildman–Crippen MR) is 90.8 cm³/mol. The van der Waals surface area contributed by atoms with Gasteiger partial charge >= 0.3 is 6.09 Å². The van der Waals surface area contributed by atoms with Crippen LogP contribution in [0.15, 0.2) is 30.3 Å². The monoisotopic (exact) mass is 377 g/mol. The summed E-state index contributed by atoms with van der Waals surface area (Å²) in [5, 5.41) is 0. The van der Waals surface area contributed by atoms with E-state index in [1.165, 1.54) is 0 Å². The Labute approximate surface area is 150 Å². The Hall–Kier alpha value is -0.970. The van der Waals surface area contributed by atoms with Crippen LogP contribution in [0.4, 0.5) is 4.79 Å². The van der Waals surface area contributed by atoms with Gasteiger partial charge in [-0.3, -0.25) is 4.79 Å². The molecule has 0 aromatic heterocycles. The Kier molecular flexibility index (Phi) is 6.18. The average Bonchev–Trinajstić information content (AvgIpc) is 2.72. The van der Waals surface area contributed by atoms with E-state index >= 15 is 0 Å². The SMILES string of the molecule is CCC[C@@H]1[C@@H](CCl)C(Cl)(Cl)C(=O)N1C(=O)OCc1ccccc1. The topological polar surface area (TPSA) is 46.6 Å². The molecule has 0 bridgehead atoms. The first kappa shape index (κ1) is 18.4. The van der Waals surface area contributed by atoms with E-state index in [0.717, 1.165) is 16.9 Å². The van der Waals surface area contributed by atoms with E-state index in [2.05, 4.69) is 0 Å². The molecule has 1 aromatic rings. The maximum atomic E-state index is 12.4. The van der Waals surface area contributed by atoms with E-state index in [0.29, 0.717) is 6.42 Å². The molecule has 2 atom stereocenters. The van der Waals surface area contributed by atoms with E-state index in [-0.39, 0.29) is 12.5 Å². The second-order valence-electron chi connectivity index (χ2n) is 5.46. The molecule has 7 heteroatoms. The highest BCUT2D eigenvalue weighted by Gasteiger charge is 2.59. The number of hydrogen-bond acceptors (Lipinski definition) is 3. The highest BCUT2D eigenvalue weighted by atomic mass is 35.5. The first-order valence-corrected chi connectivity index (χ1v) is 8.70. The van der Waals surface area contributed by atoms with Crippen molar-refractivity contribution >= 4 is 46.8 Å². The summed E-state index contributed by atoms with van der Waals surface area (Å²) in [7, 11) is 0. The maximum Gasteiger partial charge on any atom is 0.417 e. The number of carbonyl (C=O) groups excluding carboxylic acids is 2. The van der Waals surface area contributed by atoms with Gasteiger partial charge in [0, 0.05) is 11.8 Å². The fourth-order valence-electron chi connectivity index (χ4n) is 2.72. The smallest absolute Gasteiger partial charge is 0.417 e. The van der Waals surface area contributed by atoms with Gasteiger partial charge in [-0.05, 0) is 12.0 Å². The third-order valence-corrected chi connectivity index (χ3v) is 5.13.